The average Bonchev–Trinajstić information content (AvgIpc) is 2.75. The summed E-state index contributed by atoms with van der Waals surface area (Å²) in [5.74, 6) is -6.34. The van der Waals surface area contributed by atoms with Gasteiger partial charge in [-0.15, -0.1) is 0 Å². The average molecular weight is 229 g/mol. The number of carbonyl (C=O) groups excluding carboxylic acids is 1. The molecule has 0 N–H and O–H groups in total. The third-order valence-electron chi connectivity index (χ3n) is 2.54. The van der Waals surface area contributed by atoms with Gasteiger partial charge in [-0.1, -0.05) is 6.92 Å². The zero-order valence-electron chi connectivity index (χ0n) is 16.4. The molecule has 0 unspecified atom stereocenters. The molecule has 0 saturated carbocycles. The minimum atomic E-state index is -3.03. The van der Waals surface area contributed by atoms with Crippen molar-refractivity contribution in [3.63, 3.8) is 0 Å². The maximum atomic E-state index is 12.0. The molecule has 0 radical (unpaired) electrons. The van der Waals surface area contributed by atoms with Crippen LogP contribution in [0.4, 0.5) is 0 Å². The van der Waals surface area contributed by atoms with Gasteiger partial charge in [-0.05, 0) is 19.7 Å². The first kappa shape index (κ1) is 5.34. The molecule has 1 aliphatic rings. The minimum absolute atomic E-state index is 0.301. The summed E-state index contributed by atoms with van der Waals surface area (Å²) in [6.45, 7) is -0.103. The molecule has 1 fully saturated rings. The number of aryl methyl sites for hydroxylation is 1. The van der Waals surface area contributed by atoms with Gasteiger partial charge in [0.05, 0.1) is 16.6 Å². The Balaban J connectivity index is 2.80. The van der Waals surface area contributed by atoms with Crippen molar-refractivity contribution in [2.75, 3.05) is 6.56 Å². The first-order valence-corrected chi connectivity index (χ1v) is 5.01. The Morgan fingerprint density at radius 3 is 3.25 bits per heavy atom. The molecule has 0 bridgehead atoms. The second-order valence-electron chi connectivity index (χ2n) is 3.50. The molecule has 4 nitrogen and oxygen atoms in total. The van der Waals surface area contributed by atoms with Crippen LogP contribution < -0.4 is 0 Å². The Bertz CT molecular complexity index is 675. The topological polar surface area (TPSA) is 44.1 Å². The predicted molar refractivity (Wildman–Crippen MR) is 59.9 cm³/mol. The molecule has 2 heterocycles. The number of aromatic nitrogens is 2. The number of cyclic esters (lactones) is 1. The van der Waals surface area contributed by atoms with Gasteiger partial charge in [0.1, 0.15) is 5.82 Å². The van der Waals surface area contributed by atoms with Crippen molar-refractivity contribution in [2.24, 2.45) is 18.8 Å². The van der Waals surface area contributed by atoms with E-state index in [4.69, 9.17) is 9.60 Å². The molecule has 4 heteroatoms. The highest BCUT2D eigenvalue weighted by Gasteiger charge is 2.35. The number of esters is 1. The van der Waals surface area contributed by atoms with Crippen LogP contribution in [0, 0.1) is 18.7 Å². The third kappa shape index (κ3) is 1.84. The number of hydrogen-bond donors (Lipinski definition) is 0. The van der Waals surface area contributed by atoms with Crippen LogP contribution in [0.15, 0.2) is 6.17 Å². The van der Waals surface area contributed by atoms with Gasteiger partial charge in [0.2, 0.25) is 0 Å². The first-order valence-electron chi connectivity index (χ1n) is 8.51. The monoisotopic (exact) mass is 229 g/mol. The SMILES string of the molecule is [2H]c1nc(C)n(C)c1C([2H])([2H])[C@@]1([2H])C([2H])([2H])OC(=O)[C@@]1([2H])CC. The van der Waals surface area contributed by atoms with E-state index < -0.39 is 36.9 Å². The molecule has 0 aromatic carbocycles. The van der Waals surface area contributed by atoms with Gasteiger partial charge in [0.25, 0.3) is 0 Å². The Hall–Kier alpha value is -1.32. The van der Waals surface area contributed by atoms with Gasteiger partial charge in [0, 0.05) is 30.3 Å². The van der Waals surface area contributed by atoms with Crippen molar-refractivity contribution in [1.82, 2.24) is 9.55 Å². The summed E-state index contributed by atoms with van der Waals surface area (Å²) in [6, 6.07) is 0. The van der Waals surface area contributed by atoms with Crippen molar-refractivity contribution >= 4 is 5.97 Å². The lowest BCUT2D eigenvalue weighted by atomic mass is 9.89. The molecule has 1 aromatic heterocycles. The van der Waals surface area contributed by atoms with Gasteiger partial charge in [-0.3, -0.25) is 4.79 Å². The molecule has 2 atom stereocenters. The fraction of sp³-hybridized carbons (Fsp3) is 0.667. The molecular weight excluding hydrogens is 204 g/mol. The maximum absolute atomic E-state index is 12.0. The van der Waals surface area contributed by atoms with Crippen molar-refractivity contribution in [2.45, 2.75) is 26.6 Å². The van der Waals surface area contributed by atoms with Crippen LogP contribution in [0.2, 0.25) is 0 Å². The van der Waals surface area contributed by atoms with Crippen LogP contribution in [0.3, 0.4) is 0 Å². The van der Waals surface area contributed by atoms with Crippen molar-refractivity contribution in [3.05, 3.63) is 17.7 Å². The molecule has 2 rings (SSSR count). The lowest BCUT2D eigenvalue weighted by Crippen LogP contribution is -2.18. The lowest BCUT2D eigenvalue weighted by Gasteiger charge is -2.13. The normalized spacial score (nSPS) is 44.4. The van der Waals surface area contributed by atoms with E-state index in [0.29, 0.717) is 5.82 Å². The van der Waals surface area contributed by atoms with Crippen LogP contribution in [-0.4, -0.2) is 22.1 Å². The molecule has 88 valence electrons. The van der Waals surface area contributed by atoms with E-state index in [1.807, 2.05) is 0 Å². The summed E-state index contributed by atoms with van der Waals surface area (Å²) < 4.78 is 62.9. The molecule has 1 saturated heterocycles. The quantitative estimate of drug-likeness (QED) is 0.737. The zero-order chi connectivity index (χ0) is 18.0. The Labute approximate surface area is 105 Å². The summed E-state index contributed by atoms with van der Waals surface area (Å²) in [5, 5.41) is 0. The maximum Gasteiger partial charge on any atom is 0.309 e. The number of nitrogens with zero attached hydrogens (tertiary/aromatic N) is 2. The van der Waals surface area contributed by atoms with Gasteiger partial charge >= 0.3 is 5.97 Å². The number of rotatable bonds is 3. The van der Waals surface area contributed by atoms with E-state index in [2.05, 4.69) is 9.72 Å². The van der Waals surface area contributed by atoms with E-state index in [1.165, 1.54) is 25.5 Å². The van der Waals surface area contributed by atoms with Crippen LogP contribution >= 0.6 is 0 Å². The van der Waals surface area contributed by atoms with Crippen molar-refractivity contribution in [3.8, 4) is 0 Å². The predicted octanol–water partition coefficient (Wildman–Crippen LogP) is 1.47. The minimum Gasteiger partial charge on any atom is -0.465 e. The number of imidazole rings is 1. The first-order chi connectivity index (χ1) is 10.3. The number of carbonyl (C=O) groups is 1. The Kier molecular flexibility index (Phi) is 1.43. The fourth-order valence-electron chi connectivity index (χ4n) is 1.42. The zero-order valence-corrected chi connectivity index (χ0v) is 9.42. The second kappa shape index (κ2) is 4.28. The van der Waals surface area contributed by atoms with E-state index in [9.17, 15) is 4.79 Å². The standard InChI is InChI=1S/C12H18N2O2/c1-4-11-9(7-16-12(11)15)5-10-6-13-8(2)14(10)3/h6,9,11H,4-5,7H2,1-3H3/t9-,11-/m0/s1/i5D2,6D,7D2,9D,11D. The van der Waals surface area contributed by atoms with Crippen LogP contribution in [0.1, 0.15) is 34.5 Å². The number of ether oxygens (including phenoxy) is 1. The van der Waals surface area contributed by atoms with E-state index in [-0.39, 0.29) is 12.1 Å². The van der Waals surface area contributed by atoms with Crippen LogP contribution in [-0.2, 0) is 23.0 Å². The van der Waals surface area contributed by atoms with Crippen molar-refractivity contribution < 1.29 is 19.1 Å². The summed E-state index contributed by atoms with van der Waals surface area (Å²) in [6.07, 6.45) is -3.64. The lowest BCUT2D eigenvalue weighted by molar-refractivity contribution is -0.141. The van der Waals surface area contributed by atoms with Gasteiger partial charge in [0.15, 0.2) is 0 Å². The summed E-state index contributed by atoms with van der Waals surface area (Å²) in [7, 11) is 1.43. The highest BCUT2D eigenvalue weighted by Crippen LogP contribution is 2.28. The summed E-state index contributed by atoms with van der Waals surface area (Å²) >= 11 is 0. The molecule has 1 aromatic rings. The fourth-order valence-corrected chi connectivity index (χ4v) is 1.42. The molecular formula is C12H18N2O2. The van der Waals surface area contributed by atoms with Crippen LogP contribution in [0.5, 0.6) is 0 Å². The molecule has 16 heavy (non-hydrogen) atoms. The largest absolute Gasteiger partial charge is 0.465 e. The molecule has 0 amide bonds. The Morgan fingerprint density at radius 2 is 2.69 bits per heavy atom. The Morgan fingerprint density at radius 1 is 1.94 bits per heavy atom. The highest BCUT2D eigenvalue weighted by atomic mass is 16.5. The van der Waals surface area contributed by atoms with E-state index >= 15 is 0 Å². The number of hydrogen-bond acceptors (Lipinski definition) is 3. The second-order valence-corrected chi connectivity index (χ2v) is 3.50. The van der Waals surface area contributed by atoms with E-state index in [0.717, 1.165) is 0 Å². The summed E-state index contributed by atoms with van der Waals surface area (Å²) in [5.41, 5.74) is -0.364. The smallest absolute Gasteiger partial charge is 0.309 e. The van der Waals surface area contributed by atoms with Gasteiger partial charge < -0.3 is 9.30 Å². The molecule has 0 spiro atoms. The van der Waals surface area contributed by atoms with E-state index in [1.54, 1.807) is 0 Å². The molecule has 1 aliphatic heterocycles. The van der Waals surface area contributed by atoms with Gasteiger partial charge in [-0.25, -0.2) is 4.98 Å². The van der Waals surface area contributed by atoms with Crippen LogP contribution in [0.25, 0.3) is 0 Å². The third-order valence-corrected chi connectivity index (χ3v) is 2.54. The van der Waals surface area contributed by atoms with Gasteiger partial charge in [-0.2, -0.15) is 0 Å². The summed E-state index contributed by atoms with van der Waals surface area (Å²) in [4.78, 5) is 15.8. The molecule has 0 aliphatic carbocycles. The highest BCUT2D eigenvalue weighted by molar-refractivity contribution is 5.74. The van der Waals surface area contributed by atoms with Crippen molar-refractivity contribution in [1.29, 1.82) is 0 Å².